The van der Waals surface area contributed by atoms with Crippen LogP contribution in [0.15, 0.2) is 42.5 Å². The minimum Gasteiger partial charge on any atom is -0.506 e. The molecule has 2 nitrogen and oxygen atoms in total. The molecular weight excluding hydrogens is 258 g/mol. The van der Waals surface area contributed by atoms with E-state index in [0.717, 1.165) is 12.1 Å². The Hall–Kier alpha value is -1.51. The van der Waals surface area contributed by atoms with Crippen LogP contribution in [0.3, 0.4) is 0 Å². The molecule has 0 bridgehead atoms. The van der Waals surface area contributed by atoms with E-state index >= 15 is 0 Å². The largest absolute Gasteiger partial charge is 0.506 e. The monoisotopic (exact) mass is 275 g/mol. The van der Waals surface area contributed by atoms with Crippen LogP contribution in [-0.2, 0) is 6.54 Å². The summed E-state index contributed by atoms with van der Waals surface area (Å²) in [6.45, 7) is 4.93. The van der Waals surface area contributed by atoms with Crippen molar-refractivity contribution in [3.8, 4) is 5.75 Å². The highest BCUT2D eigenvalue weighted by atomic mass is 35.5. The van der Waals surface area contributed by atoms with Gasteiger partial charge in [0.15, 0.2) is 0 Å². The molecule has 2 aromatic rings. The number of phenolic OH excluding ortho intramolecular Hbond substituents is 1. The number of aryl methyl sites for hydroxylation is 1. The van der Waals surface area contributed by atoms with Gasteiger partial charge in [0.05, 0.1) is 5.02 Å². The second-order valence-corrected chi connectivity index (χ2v) is 5.21. The summed E-state index contributed by atoms with van der Waals surface area (Å²) in [5, 5.41) is 13.2. The molecule has 3 heteroatoms. The van der Waals surface area contributed by atoms with E-state index in [-0.39, 0.29) is 11.8 Å². The molecule has 0 aromatic heterocycles. The van der Waals surface area contributed by atoms with Gasteiger partial charge in [0, 0.05) is 12.6 Å². The van der Waals surface area contributed by atoms with Crippen LogP contribution in [0, 0.1) is 6.92 Å². The molecule has 0 spiro atoms. The van der Waals surface area contributed by atoms with Gasteiger partial charge in [-0.1, -0.05) is 47.5 Å². The summed E-state index contributed by atoms with van der Waals surface area (Å²) < 4.78 is 0. The number of aromatic hydroxyl groups is 1. The zero-order valence-electron chi connectivity index (χ0n) is 11.2. The van der Waals surface area contributed by atoms with Crippen LogP contribution in [0.4, 0.5) is 0 Å². The van der Waals surface area contributed by atoms with Gasteiger partial charge >= 0.3 is 0 Å². The molecule has 0 saturated carbocycles. The second-order valence-electron chi connectivity index (χ2n) is 4.80. The van der Waals surface area contributed by atoms with Gasteiger partial charge in [0.1, 0.15) is 5.75 Å². The van der Waals surface area contributed by atoms with E-state index in [1.54, 1.807) is 12.1 Å². The first kappa shape index (κ1) is 13.9. The van der Waals surface area contributed by atoms with Crippen LogP contribution in [0.5, 0.6) is 5.75 Å². The molecule has 0 unspecified atom stereocenters. The van der Waals surface area contributed by atoms with Crippen molar-refractivity contribution in [2.75, 3.05) is 0 Å². The summed E-state index contributed by atoms with van der Waals surface area (Å²) >= 11 is 5.89. The fourth-order valence-corrected chi connectivity index (χ4v) is 2.11. The highest BCUT2D eigenvalue weighted by molar-refractivity contribution is 6.32. The molecule has 2 N–H and O–H groups in total. The van der Waals surface area contributed by atoms with Crippen LogP contribution >= 0.6 is 11.6 Å². The fraction of sp³-hybridized carbons (Fsp3) is 0.250. The number of phenols is 1. The summed E-state index contributed by atoms with van der Waals surface area (Å²) in [6.07, 6.45) is 0. The predicted octanol–water partition coefficient (Wildman–Crippen LogP) is 4.20. The number of hydrogen-bond acceptors (Lipinski definition) is 2. The third kappa shape index (κ3) is 3.72. The number of rotatable bonds is 4. The van der Waals surface area contributed by atoms with Crippen LogP contribution < -0.4 is 5.32 Å². The Morgan fingerprint density at radius 2 is 1.84 bits per heavy atom. The van der Waals surface area contributed by atoms with E-state index in [1.807, 2.05) is 6.07 Å². The lowest BCUT2D eigenvalue weighted by molar-refractivity contribution is 0.475. The van der Waals surface area contributed by atoms with E-state index in [0.29, 0.717) is 5.02 Å². The van der Waals surface area contributed by atoms with Gasteiger partial charge in [-0.05, 0) is 37.1 Å². The van der Waals surface area contributed by atoms with E-state index < -0.39 is 0 Å². The molecule has 0 aliphatic heterocycles. The smallest absolute Gasteiger partial charge is 0.134 e. The minimum atomic E-state index is 0.122. The molecule has 0 saturated heterocycles. The number of benzene rings is 2. The van der Waals surface area contributed by atoms with Gasteiger partial charge in [0.2, 0.25) is 0 Å². The molecular formula is C16H18ClNO. The van der Waals surface area contributed by atoms with Gasteiger partial charge in [-0.3, -0.25) is 0 Å². The van der Waals surface area contributed by atoms with Gasteiger partial charge in [0.25, 0.3) is 0 Å². The van der Waals surface area contributed by atoms with Crippen molar-refractivity contribution in [1.82, 2.24) is 5.32 Å². The molecule has 0 aliphatic rings. The predicted molar refractivity (Wildman–Crippen MR) is 79.6 cm³/mol. The summed E-state index contributed by atoms with van der Waals surface area (Å²) in [5.41, 5.74) is 3.58. The van der Waals surface area contributed by atoms with Crippen molar-refractivity contribution < 1.29 is 5.11 Å². The van der Waals surface area contributed by atoms with Crippen LogP contribution in [0.25, 0.3) is 0 Å². The van der Waals surface area contributed by atoms with Gasteiger partial charge in [-0.15, -0.1) is 0 Å². The normalized spacial score (nSPS) is 12.4. The maximum absolute atomic E-state index is 9.37. The van der Waals surface area contributed by atoms with Crippen molar-refractivity contribution in [2.24, 2.45) is 0 Å². The maximum Gasteiger partial charge on any atom is 0.134 e. The average Bonchev–Trinajstić information content (AvgIpc) is 2.40. The Kier molecular flexibility index (Phi) is 4.46. The summed E-state index contributed by atoms with van der Waals surface area (Å²) in [4.78, 5) is 0. The van der Waals surface area contributed by atoms with Crippen molar-refractivity contribution >= 4 is 11.6 Å². The first-order valence-electron chi connectivity index (χ1n) is 6.33. The van der Waals surface area contributed by atoms with Crippen molar-refractivity contribution in [2.45, 2.75) is 26.4 Å². The Bertz CT molecular complexity index is 551. The standard InChI is InChI=1S/C16H18ClNO/c1-11-3-6-14(7-4-11)12(2)18-10-13-5-8-16(19)15(17)9-13/h3-9,12,18-19H,10H2,1-2H3/t12-/m0/s1. The van der Waals surface area contributed by atoms with E-state index in [4.69, 9.17) is 11.6 Å². The Morgan fingerprint density at radius 3 is 2.47 bits per heavy atom. The lowest BCUT2D eigenvalue weighted by Crippen LogP contribution is -2.17. The average molecular weight is 276 g/mol. The SMILES string of the molecule is Cc1ccc([C@H](C)NCc2ccc(O)c(Cl)c2)cc1. The van der Waals surface area contributed by atoms with E-state index in [2.05, 4.69) is 43.4 Å². The summed E-state index contributed by atoms with van der Waals surface area (Å²) in [5.74, 6) is 0.122. The van der Waals surface area contributed by atoms with Gasteiger partial charge in [-0.25, -0.2) is 0 Å². The third-order valence-corrected chi connectivity index (χ3v) is 3.50. The minimum absolute atomic E-state index is 0.122. The fourth-order valence-electron chi connectivity index (χ4n) is 1.90. The molecule has 1 atom stereocenters. The van der Waals surface area contributed by atoms with Crippen LogP contribution in [0.1, 0.15) is 29.7 Å². The van der Waals surface area contributed by atoms with Crippen molar-refractivity contribution in [3.63, 3.8) is 0 Å². The maximum atomic E-state index is 9.37. The topological polar surface area (TPSA) is 32.3 Å². The molecule has 19 heavy (non-hydrogen) atoms. The molecule has 100 valence electrons. The Labute approximate surface area is 119 Å². The number of halogens is 1. The molecule has 0 fully saturated rings. The highest BCUT2D eigenvalue weighted by Gasteiger charge is 2.05. The zero-order valence-corrected chi connectivity index (χ0v) is 11.9. The summed E-state index contributed by atoms with van der Waals surface area (Å²) in [6, 6.07) is 14.1. The first-order valence-corrected chi connectivity index (χ1v) is 6.71. The zero-order chi connectivity index (χ0) is 13.8. The molecule has 2 rings (SSSR count). The molecule has 0 radical (unpaired) electrons. The molecule has 0 amide bonds. The lowest BCUT2D eigenvalue weighted by atomic mass is 10.1. The van der Waals surface area contributed by atoms with Crippen LogP contribution in [-0.4, -0.2) is 5.11 Å². The third-order valence-electron chi connectivity index (χ3n) is 3.20. The Morgan fingerprint density at radius 1 is 1.16 bits per heavy atom. The van der Waals surface area contributed by atoms with E-state index in [1.165, 1.54) is 11.1 Å². The summed E-state index contributed by atoms with van der Waals surface area (Å²) in [7, 11) is 0. The van der Waals surface area contributed by atoms with Crippen molar-refractivity contribution in [1.29, 1.82) is 0 Å². The number of nitrogens with one attached hydrogen (secondary N) is 1. The highest BCUT2D eigenvalue weighted by Crippen LogP contribution is 2.24. The Balaban J connectivity index is 1.98. The molecule has 0 aliphatic carbocycles. The quantitative estimate of drug-likeness (QED) is 0.876. The van der Waals surface area contributed by atoms with Crippen molar-refractivity contribution in [3.05, 3.63) is 64.2 Å². The van der Waals surface area contributed by atoms with Gasteiger partial charge < -0.3 is 10.4 Å². The second kappa shape index (κ2) is 6.09. The molecule has 0 heterocycles. The van der Waals surface area contributed by atoms with Gasteiger partial charge in [-0.2, -0.15) is 0 Å². The number of hydrogen-bond donors (Lipinski definition) is 2. The lowest BCUT2D eigenvalue weighted by Gasteiger charge is -2.15. The molecule has 2 aromatic carbocycles. The van der Waals surface area contributed by atoms with E-state index in [9.17, 15) is 5.11 Å². The first-order chi connectivity index (χ1) is 9.06. The van der Waals surface area contributed by atoms with Crippen LogP contribution in [0.2, 0.25) is 5.02 Å².